The van der Waals surface area contributed by atoms with Crippen LogP contribution in [0.4, 0.5) is 5.82 Å². The molecule has 1 aromatic heterocycles. The zero-order chi connectivity index (χ0) is 10.1. The SMILES string of the molecule is Cc1cc2n(n1)CC(CC(C)C)CN2. The summed E-state index contributed by atoms with van der Waals surface area (Å²) in [7, 11) is 0. The Balaban J connectivity index is 2.05. The monoisotopic (exact) mass is 193 g/mol. The number of fused-ring (bicyclic) bond motifs is 1. The van der Waals surface area contributed by atoms with Crippen molar-refractivity contribution >= 4 is 5.82 Å². The summed E-state index contributed by atoms with van der Waals surface area (Å²) in [6.07, 6.45) is 1.28. The van der Waals surface area contributed by atoms with Crippen LogP contribution in [0.2, 0.25) is 0 Å². The van der Waals surface area contributed by atoms with Crippen LogP contribution in [0.25, 0.3) is 0 Å². The van der Waals surface area contributed by atoms with Crippen molar-refractivity contribution in [2.24, 2.45) is 11.8 Å². The first-order chi connectivity index (χ1) is 6.65. The lowest BCUT2D eigenvalue weighted by atomic mass is 9.96. The Morgan fingerprint density at radius 2 is 2.43 bits per heavy atom. The van der Waals surface area contributed by atoms with Crippen LogP contribution in [0.15, 0.2) is 6.07 Å². The lowest BCUT2D eigenvalue weighted by molar-refractivity contribution is 0.347. The Kier molecular flexibility index (Phi) is 2.48. The van der Waals surface area contributed by atoms with E-state index in [1.165, 1.54) is 12.2 Å². The Hall–Kier alpha value is -0.990. The molecule has 3 nitrogen and oxygen atoms in total. The van der Waals surface area contributed by atoms with E-state index in [9.17, 15) is 0 Å². The van der Waals surface area contributed by atoms with Crippen molar-refractivity contribution in [2.45, 2.75) is 33.7 Å². The van der Waals surface area contributed by atoms with Gasteiger partial charge in [-0.05, 0) is 25.2 Å². The van der Waals surface area contributed by atoms with E-state index in [1.807, 2.05) is 6.92 Å². The lowest BCUT2D eigenvalue weighted by Gasteiger charge is -2.25. The maximum absolute atomic E-state index is 4.46. The number of rotatable bonds is 2. The molecule has 1 N–H and O–H groups in total. The smallest absolute Gasteiger partial charge is 0.124 e. The number of aromatic nitrogens is 2. The summed E-state index contributed by atoms with van der Waals surface area (Å²) in [6.45, 7) is 8.79. The number of aryl methyl sites for hydroxylation is 1. The third-order valence-electron chi connectivity index (χ3n) is 2.71. The lowest BCUT2D eigenvalue weighted by Crippen LogP contribution is -2.28. The van der Waals surface area contributed by atoms with E-state index >= 15 is 0 Å². The largest absolute Gasteiger partial charge is 0.370 e. The first-order valence-electron chi connectivity index (χ1n) is 5.43. The molecule has 78 valence electrons. The van der Waals surface area contributed by atoms with Gasteiger partial charge in [0.15, 0.2) is 0 Å². The van der Waals surface area contributed by atoms with Crippen molar-refractivity contribution in [3.63, 3.8) is 0 Å². The Bertz CT molecular complexity index is 314. The second kappa shape index (κ2) is 3.64. The minimum atomic E-state index is 0.738. The minimum Gasteiger partial charge on any atom is -0.370 e. The fourth-order valence-corrected chi connectivity index (χ4v) is 2.21. The molecule has 0 bridgehead atoms. The maximum Gasteiger partial charge on any atom is 0.124 e. The molecule has 3 heteroatoms. The number of nitrogens with one attached hydrogen (secondary N) is 1. The molecule has 1 atom stereocenters. The molecule has 0 amide bonds. The Morgan fingerprint density at radius 3 is 3.14 bits per heavy atom. The number of hydrogen-bond donors (Lipinski definition) is 1. The predicted octanol–water partition coefficient (Wildman–Crippen LogP) is 2.28. The first-order valence-corrected chi connectivity index (χ1v) is 5.43. The van der Waals surface area contributed by atoms with Gasteiger partial charge in [0.1, 0.15) is 5.82 Å². The molecule has 1 aliphatic rings. The fraction of sp³-hybridized carbons (Fsp3) is 0.727. The second-order valence-corrected chi connectivity index (χ2v) is 4.73. The van der Waals surface area contributed by atoms with Gasteiger partial charge in [-0.25, -0.2) is 4.68 Å². The Morgan fingerprint density at radius 1 is 1.64 bits per heavy atom. The first kappa shape index (κ1) is 9.56. The molecule has 0 radical (unpaired) electrons. The van der Waals surface area contributed by atoms with Crippen LogP contribution >= 0.6 is 0 Å². The topological polar surface area (TPSA) is 29.9 Å². The van der Waals surface area contributed by atoms with Crippen molar-refractivity contribution < 1.29 is 0 Å². The average molecular weight is 193 g/mol. The zero-order valence-corrected chi connectivity index (χ0v) is 9.25. The van der Waals surface area contributed by atoms with Gasteiger partial charge < -0.3 is 5.32 Å². The van der Waals surface area contributed by atoms with E-state index in [0.29, 0.717) is 0 Å². The summed E-state index contributed by atoms with van der Waals surface area (Å²) in [5.74, 6) is 2.70. The highest BCUT2D eigenvalue weighted by molar-refractivity contribution is 5.38. The predicted molar refractivity (Wildman–Crippen MR) is 58.4 cm³/mol. The van der Waals surface area contributed by atoms with Crippen LogP contribution in [-0.2, 0) is 6.54 Å². The van der Waals surface area contributed by atoms with Crippen molar-refractivity contribution in [3.05, 3.63) is 11.8 Å². The standard InChI is InChI=1S/C11H19N3/c1-8(2)4-10-6-12-11-5-9(3)13-14(11)7-10/h5,8,10,12H,4,6-7H2,1-3H3. The zero-order valence-electron chi connectivity index (χ0n) is 9.25. The van der Waals surface area contributed by atoms with Gasteiger partial charge in [0.25, 0.3) is 0 Å². The van der Waals surface area contributed by atoms with Gasteiger partial charge in [0.05, 0.1) is 5.69 Å². The van der Waals surface area contributed by atoms with Crippen LogP contribution in [-0.4, -0.2) is 16.3 Å². The van der Waals surface area contributed by atoms with E-state index < -0.39 is 0 Å². The molecule has 1 aliphatic heterocycles. The molecule has 0 spiro atoms. The van der Waals surface area contributed by atoms with Gasteiger partial charge in [-0.15, -0.1) is 0 Å². The van der Waals surface area contributed by atoms with Gasteiger partial charge in [-0.1, -0.05) is 13.8 Å². The second-order valence-electron chi connectivity index (χ2n) is 4.73. The quantitative estimate of drug-likeness (QED) is 0.781. The molecule has 2 rings (SSSR count). The van der Waals surface area contributed by atoms with Crippen LogP contribution in [0, 0.1) is 18.8 Å². The molecular formula is C11H19N3. The molecule has 14 heavy (non-hydrogen) atoms. The highest BCUT2D eigenvalue weighted by atomic mass is 15.3. The van der Waals surface area contributed by atoms with E-state index in [1.54, 1.807) is 0 Å². The van der Waals surface area contributed by atoms with Gasteiger partial charge in [-0.3, -0.25) is 0 Å². The Labute approximate surface area is 85.5 Å². The highest BCUT2D eigenvalue weighted by Crippen LogP contribution is 2.22. The normalized spacial score (nSPS) is 20.7. The van der Waals surface area contributed by atoms with Gasteiger partial charge >= 0.3 is 0 Å². The fourth-order valence-electron chi connectivity index (χ4n) is 2.21. The summed E-state index contributed by atoms with van der Waals surface area (Å²) < 4.78 is 2.10. The van der Waals surface area contributed by atoms with Crippen molar-refractivity contribution in [1.29, 1.82) is 0 Å². The summed E-state index contributed by atoms with van der Waals surface area (Å²) in [5, 5.41) is 7.90. The molecule has 1 aromatic rings. The summed E-state index contributed by atoms with van der Waals surface area (Å²) in [4.78, 5) is 0. The molecular weight excluding hydrogens is 174 g/mol. The highest BCUT2D eigenvalue weighted by Gasteiger charge is 2.19. The minimum absolute atomic E-state index is 0.738. The summed E-state index contributed by atoms with van der Waals surface area (Å²) >= 11 is 0. The van der Waals surface area contributed by atoms with E-state index in [0.717, 1.165) is 30.6 Å². The third-order valence-corrected chi connectivity index (χ3v) is 2.71. The molecule has 1 unspecified atom stereocenters. The van der Waals surface area contributed by atoms with E-state index in [4.69, 9.17) is 0 Å². The van der Waals surface area contributed by atoms with Crippen LogP contribution < -0.4 is 5.32 Å². The molecule has 0 saturated carbocycles. The van der Waals surface area contributed by atoms with Crippen molar-refractivity contribution in [1.82, 2.24) is 9.78 Å². The number of hydrogen-bond acceptors (Lipinski definition) is 2. The van der Waals surface area contributed by atoms with Crippen LogP contribution in [0.5, 0.6) is 0 Å². The molecule has 0 fully saturated rings. The number of anilines is 1. The van der Waals surface area contributed by atoms with Gasteiger partial charge in [0, 0.05) is 19.2 Å². The van der Waals surface area contributed by atoms with Gasteiger partial charge in [-0.2, -0.15) is 5.10 Å². The molecule has 0 aliphatic carbocycles. The van der Waals surface area contributed by atoms with Crippen LogP contribution in [0.1, 0.15) is 26.0 Å². The molecule has 0 saturated heterocycles. The van der Waals surface area contributed by atoms with Crippen molar-refractivity contribution in [3.8, 4) is 0 Å². The van der Waals surface area contributed by atoms with E-state index in [-0.39, 0.29) is 0 Å². The number of nitrogens with zero attached hydrogens (tertiary/aromatic N) is 2. The van der Waals surface area contributed by atoms with Crippen LogP contribution in [0.3, 0.4) is 0 Å². The summed E-state index contributed by atoms with van der Waals surface area (Å²) in [6, 6.07) is 2.12. The average Bonchev–Trinajstić information content (AvgIpc) is 2.42. The van der Waals surface area contributed by atoms with Gasteiger partial charge in [0.2, 0.25) is 0 Å². The molecule has 0 aromatic carbocycles. The summed E-state index contributed by atoms with van der Waals surface area (Å²) in [5.41, 5.74) is 1.11. The van der Waals surface area contributed by atoms with Crippen molar-refractivity contribution in [2.75, 3.05) is 11.9 Å². The molecule has 2 heterocycles. The maximum atomic E-state index is 4.46. The van der Waals surface area contributed by atoms with E-state index in [2.05, 4.69) is 35.0 Å². The third kappa shape index (κ3) is 1.91.